The zero-order valence-electron chi connectivity index (χ0n) is 10.7. The number of rotatable bonds is 4. The summed E-state index contributed by atoms with van der Waals surface area (Å²) in [5, 5.41) is 0.759. The summed E-state index contributed by atoms with van der Waals surface area (Å²) in [7, 11) is 1.90. The Morgan fingerprint density at radius 2 is 1.83 bits per heavy atom. The van der Waals surface area contributed by atoms with Crippen molar-refractivity contribution < 1.29 is 13.2 Å². The SMILES string of the molecule is CN(Cc1cccc(C(F)(F)F)c1)C(C)(C)CBr. The van der Waals surface area contributed by atoms with Gasteiger partial charge in [0.15, 0.2) is 0 Å². The van der Waals surface area contributed by atoms with Crippen LogP contribution in [-0.2, 0) is 12.7 Å². The highest BCUT2D eigenvalue weighted by Crippen LogP contribution is 2.30. The molecule has 0 aliphatic rings. The first kappa shape index (κ1) is 15.5. The van der Waals surface area contributed by atoms with Crippen molar-refractivity contribution in [3.05, 3.63) is 35.4 Å². The molecule has 0 amide bonds. The zero-order chi connectivity index (χ0) is 14.0. The maximum atomic E-state index is 12.6. The first-order valence-corrected chi connectivity index (χ1v) is 6.72. The minimum atomic E-state index is -4.28. The summed E-state index contributed by atoms with van der Waals surface area (Å²) < 4.78 is 37.8. The molecular weight excluding hydrogens is 307 g/mol. The largest absolute Gasteiger partial charge is 0.416 e. The number of halogens is 4. The summed E-state index contributed by atoms with van der Waals surface area (Å²) >= 11 is 3.41. The van der Waals surface area contributed by atoms with Crippen molar-refractivity contribution >= 4 is 15.9 Å². The Balaban J connectivity index is 2.86. The van der Waals surface area contributed by atoms with Gasteiger partial charge in [0.2, 0.25) is 0 Å². The lowest BCUT2D eigenvalue weighted by molar-refractivity contribution is -0.137. The van der Waals surface area contributed by atoms with Crippen LogP contribution in [-0.4, -0.2) is 22.8 Å². The van der Waals surface area contributed by atoms with Gasteiger partial charge in [-0.1, -0.05) is 34.1 Å². The first-order valence-electron chi connectivity index (χ1n) is 5.60. The summed E-state index contributed by atoms with van der Waals surface area (Å²) in [4.78, 5) is 2.03. The average Bonchev–Trinajstić information content (AvgIpc) is 2.28. The molecule has 18 heavy (non-hydrogen) atoms. The lowest BCUT2D eigenvalue weighted by Crippen LogP contribution is -2.42. The topological polar surface area (TPSA) is 3.24 Å². The Morgan fingerprint density at radius 3 is 2.33 bits per heavy atom. The molecule has 1 rings (SSSR count). The second-order valence-corrected chi connectivity index (χ2v) is 5.56. The maximum absolute atomic E-state index is 12.6. The lowest BCUT2D eigenvalue weighted by Gasteiger charge is -2.34. The Kier molecular flexibility index (Phi) is 4.84. The third kappa shape index (κ3) is 3.99. The molecule has 1 aromatic rings. The Labute approximate surface area is 114 Å². The van der Waals surface area contributed by atoms with Crippen LogP contribution >= 0.6 is 15.9 Å². The van der Waals surface area contributed by atoms with Crippen molar-refractivity contribution in [2.45, 2.75) is 32.1 Å². The number of alkyl halides is 4. The van der Waals surface area contributed by atoms with Gasteiger partial charge in [0, 0.05) is 17.4 Å². The maximum Gasteiger partial charge on any atom is 0.416 e. The third-order valence-electron chi connectivity index (χ3n) is 3.03. The van der Waals surface area contributed by atoms with Gasteiger partial charge in [-0.05, 0) is 32.5 Å². The van der Waals surface area contributed by atoms with Crippen molar-refractivity contribution in [1.82, 2.24) is 4.90 Å². The van der Waals surface area contributed by atoms with Crippen LogP contribution in [0.15, 0.2) is 24.3 Å². The molecule has 1 nitrogen and oxygen atoms in total. The first-order chi connectivity index (χ1) is 8.16. The van der Waals surface area contributed by atoms with Crippen LogP contribution in [0, 0.1) is 0 Å². The Bertz CT molecular complexity index is 401. The van der Waals surface area contributed by atoms with E-state index >= 15 is 0 Å². The van der Waals surface area contributed by atoms with E-state index in [-0.39, 0.29) is 5.54 Å². The van der Waals surface area contributed by atoms with Gasteiger partial charge in [-0.15, -0.1) is 0 Å². The van der Waals surface area contributed by atoms with E-state index in [4.69, 9.17) is 0 Å². The third-order valence-corrected chi connectivity index (χ3v) is 4.41. The number of hydrogen-bond donors (Lipinski definition) is 0. The van der Waals surface area contributed by atoms with Crippen LogP contribution in [0.1, 0.15) is 25.0 Å². The smallest absolute Gasteiger partial charge is 0.296 e. The molecule has 0 saturated carbocycles. The predicted molar refractivity (Wildman–Crippen MR) is 70.8 cm³/mol. The van der Waals surface area contributed by atoms with E-state index in [1.165, 1.54) is 12.1 Å². The summed E-state index contributed by atoms with van der Waals surface area (Å²) in [5.74, 6) is 0. The molecule has 0 bridgehead atoms. The van der Waals surface area contributed by atoms with Crippen molar-refractivity contribution in [3.63, 3.8) is 0 Å². The van der Waals surface area contributed by atoms with E-state index < -0.39 is 11.7 Å². The number of hydrogen-bond acceptors (Lipinski definition) is 1. The summed E-state index contributed by atoms with van der Waals surface area (Å²) in [6, 6.07) is 5.48. The van der Waals surface area contributed by atoms with Gasteiger partial charge in [0.05, 0.1) is 5.56 Å². The normalized spacial score (nSPS) is 13.1. The van der Waals surface area contributed by atoms with Crippen LogP contribution in [0.3, 0.4) is 0 Å². The molecule has 102 valence electrons. The molecule has 0 spiro atoms. The molecule has 0 atom stereocenters. The van der Waals surface area contributed by atoms with E-state index in [0.717, 1.165) is 11.4 Å². The van der Waals surface area contributed by atoms with E-state index in [1.807, 2.05) is 25.8 Å². The fourth-order valence-electron chi connectivity index (χ4n) is 1.44. The highest BCUT2D eigenvalue weighted by Gasteiger charge is 2.30. The van der Waals surface area contributed by atoms with Gasteiger partial charge in [-0.3, -0.25) is 4.90 Å². The second kappa shape index (κ2) is 5.61. The molecule has 5 heteroatoms. The molecule has 0 unspecified atom stereocenters. The number of nitrogens with zero attached hydrogens (tertiary/aromatic N) is 1. The van der Waals surface area contributed by atoms with E-state index in [9.17, 15) is 13.2 Å². The van der Waals surface area contributed by atoms with Gasteiger partial charge in [-0.2, -0.15) is 13.2 Å². The van der Waals surface area contributed by atoms with Gasteiger partial charge in [-0.25, -0.2) is 0 Å². The van der Waals surface area contributed by atoms with Crippen molar-refractivity contribution in [1.29, 1.82) is 0 Å². The molecule has 0 aromatic heterocycles. The van der Waals surface area contributed by atoms with Gasteiger partial charge >= 0.3 is 6.18 Å². The van der Waals surface area contributed by atoms with Crippen LogP contribution in [0.2, 0.25) is 0 Å². The minimum absolute atomic E-state index is 0.103. The molecule has 0 saturated heterocycles. The highest BCUT2D eigenvalue weighted by atomic mass is 79.9. The van der Waals surface area contributed by atoms with Gasteiger partial charge in [0.25, 0.3) is 0 Å². The fourth-order valence-corrected chi connectivity index (χ4v) is 1.86. The van der Waals surface area contributed by atoms with Crippen LogP contribution < -0.4 is 0 Å². The molecule has 0 radical (unpaired) electrons. The molecule has 1 aromatic carbocycles. The average molecular weight is 324 g/mol. The van der Waals surface area contributed by atoms with Crippen molar-refractivity contribution in [2.24, 2.45) is 0 Å². The molecule has 0 aliphatic carbocycles. The molecular formula is C13H17BrF3N. The summed E-state index contributed by atoms with van der Waals surface area (Å²) in [5.41, 5.74) is -0.0276. The highest BCUT2D eigenvalue weighted by molar-refractivity contribution is 9.09. The summed E-state index contributed by atoms with van der Waals surface area (Å²) in [6.45, 7) is 4.56. The van der Waals surface area contributed by atoms with E-state index in [0.29, 0.717) is 12.1 Å². The standard InChI is InChI=1S/C13H17BrF3N/c1-12(2,9-14)18(3)8-10-5-4-6-11(7-10)13(15,16)17/h4-7H,8-9H2,1-3H3. The van der Waals surface area contributed by atoms with Crippen LogP contribution in [0.5, 0.6) is 0 Å². The molecule has 0 N–H and O–H groups in total. The van der Waals surface area contributed by atoms with E-state index in [1.54, 1.807) is 6.07 Å². The van der Waals surface area contributed by atoms with Crippen LogP contribution in [0.25, 0.3) is 0 Å². The predicted octanol–water partition coefficient (Wildman–Crippen LogP) is 4.31. The zero-order valence-corrected chi connectivity index (χ0v) is 12.3. The Morgan fingerprint density at radius 1 is 1.22 bits per heavy atom. The van der Waals surface area contributed by atoms with Crippen molar-refractivity contribution in [3.8, 4) is 0 Å². The summed E-state index contributed by atoms with van der Waals surface area (Å²) in [6.07, 6.45) is -4.28. The fraction of sp³-hybridized carbons (Fsp3) is 0.538. The monoisotopic (exact) mass is 323 g/mol. The second-order valence-electron chi connectivity index (χ2n) is 5.00. The van der Waals surface area contributed by atoms with Crippen LogP contribution in [0.4, 0.5) is 13.2 Å². The quantitative estimate of drug-likeness (QED) is 0.746. The molecule has 0 aliphatic heterocycles. The van der Waals surface area contributed by atoms with Gasteiger partial charge < -0.3 is 0 Å². The Hall–Kier alpha value is -0.550. The van der Waals surface area contributed by atoms with Gasteiger partial charge in [0.1, 0.15) is 0 Å². The van der Waals surface area contributed by atoms with E-state index in [2.05, 4.69) is 15.9 Å². The minimum Gasteiger partial charge on any atom is -0.296 e. The van der Waals surface area contributed by atoms with Crippen molar-refractivity contribution in [2.75, 3.05) is 12.4 Å². The molecule has 0 heterocycles. The lowest BCUT2D eigenvalue weighted by atomic mass is 10.0. The molecule has 0 fully saturated rings. The number of benzene rings is 1.